The Hall–Kier alpha value is -3.42. The first-order valence-corrected chi connectivity index (χ1v) is 11.3. The van der Waals surface area contributed by atoms with Gasteiger partial charge in [0, 0.05) is 27.6 Å². The number of para-hydroxylation sites is 1. The van der Waals surface area contributed by atoms with E-state index in [2.05, 4.69) is 4.98 Å². The van der Waals surface area contributed by atoms with Crippen molar-refractivity contribution in [3.8, 4) is 0 Å². The number of sulfonamides is 1. The van der Waals surface area contributed by atoms with Gasteiger partial charge in [-0.15, -0.1) is 0 Å². The van der Waals surface area contributed by atoms with Crippen molar-refractivity contribution in [1.82, 2.24) is 9.29 Å². The molecular formula is C24H22N2O4S. The van der Waals surface area contributed by atoms with Crippen molar-refractivity contribution in [2.75, 3.05) is 6.54 Å². The molecule has 6 nitrogen and oxygen atoms in total. The third-order valence-electron chi connectivity index (χ3n) is 5.00. The van der Waals surface area contributed by atoms with E-state index in [9.17, 15) is 13.2 Å². The largest absolute Gasteiger partial charge is 0.468 e. The number of fused-ring (bicyclic) bond motifs is 1. The van der Waals surface area contributed by atoms with Crippen LogP contribution in [0.1, 0.15) is 27.4 Å². The summed E-state index contributed by atoms with van der Waals surface area (Å²) in [7, 11) is -3.89. The summed E-state index contributed by atoms with van der Waals surface area (Å²) >= 11 is 0. The van der Waals surface area contributed by atoms with Gasteiger partial charge in [-0.3, -0.25) is 4.79 Å². The van der Waals surface area contributed by atoms with Crippen LogP contribution in [0, 0.1) is 6.92 Å². The van der Waals surface area contributed by atoms with E-state index in [4.69, 9.17) is 4.42 Å². The van der Waals surface area contributed by atoms with Gasteiger partial charge in [-0.2, -0.15) is 4.31 Å². The molecule has 7 heteroatoms. The van der Waals surface area contributed by atoms with Crippen LogP contribution in [0.15, 0.2) is 82.8 Å². The lowest BCUT2D eigenvalue weighted by Gasteiger charge is -2.18. The summed E-state index contributed by atoms with van der Waals surface area (Å²) in [5, 5.41) is 1.90. The van der Waals surface area contributed by atoms with Crippen LogP contribution >= 0.6 is 0 Å². The molecule has 0 radical (unpaired) electrons. The maximum atomic E-state index is 13.2. The molecule has 31 heavy (non-hydrogen) atoms. The molecule has 2 aromatic carbocycles. The summed E-state index contributed by atoms with van der Waals surface area (Å²) in [6.45, 7) is 1.47. The molecule has 0 saturated heterocycles. The first kappa shape index (κ1) is 20.8. The van der Waals surface area contributed by atoms with Gasteiger partial charge >= 0.3 is 0 Å². The number of Topliss-reactive ketones (excluding diaryl/α,β-unsaturated/α-hetero) is 1. The molecule has 2 heterocycles. The van der Waals surface area contributed by atoms with E-state index in [0.29, 0.717) is 17.0 Å². The molecule has 0 spiro atoms. The van der Waals surface area contributed by atoms with Crippen LogP contribution in [-0.4, -0.2) is 30.0 Å². The predicted molar refractivity (Wildman–Crippen MR) is 121 cm³/mol. The van der Waals surface area contributed by atoms with Gasteiger partial charge in [0.05, 0.1) is 19.4 Å². The van der Waals surface area contributed by atoms with Gasteiger partial charge in [-0.1, -0.05) is 48.5 Å². The molecule has 4 rings (SSSR count). The van der Waals surface area contributed by atoms with Gasteiger partial charge in [-0.05, 0) is 36.8 Å². The van der Waals surface area contributed by atoms with E-state index in [1.807, 2.05) is 61.5 Å². The highest BCUT2D eigenvalue weighted by Crippen LogP contribution is 2.23. The number of nitrogens with zero attached hydrogens (tertiary/aromatic N) is 1. The van der Waals surface area contributed by atoms with Crippen LogP contribution in [0.25, 0.3) is 17.0 Å². The number of hydrogen-bond donors (Lipinski definition) is 1. The average Bonchev–Trinajstić information content (AvgIpc) is 3.39. The lowest BCUT2D eigenvalue weighted by Crippen LogP contribution is -2.34. The van der Waals surface area contributed by atoms with Crippen LogP contribution in [0.5, 0.6) is 0 Å². The second-order valence-electron chi connectivity index (χ2n) is 7.20. The molecular weight excluding hydrogens is 412 g/mol. The van der Waals surface area contributed by atoms with E-state index in [1.165, 1.54) is 12.3 Å². The van der Waals surface area contributed by atoms with Crippen molar-refractivity contribution in [2.24, 2.45) is 0 Å². The zero-order valence-electron chi connectivity index (χ0n) is 17.0. The summed E-state index contributed by atoms with van der Waals surface area (Å²) < 4.78 is 32.7. The second-order valence-corrected chi connectivity index (χ2v) is 9.02. The zero-order chi connectivity index (χ0) is 21.8. The molecule has 2 aromatic heterocycles. The Morgan fingerprint density at radius 2 is 1.77 bits per heavy atom. The molecule has 158 valence electrons. The monoisotopic (exact) mass is 434 g/mol. The molecule has 0 aliphatic carbocycles. The fourth-order valence-electron chi connectivity index (χ4n) is 3.50. The molecule has 0 saturated carbocycles. The smallest absolute Gasteiger partial charge is 0.237 e. The number of nitrogens with one attached hydrogen (secondary N) is 1. The number of carbonyl (C=O) groups is 1. The van der Waals surface area contributed by atoms with Crippen molar-refractivity contribution in [3.05, 3.63) is 101 Å². The average molecular weight is 435 g/mol. The number of aromatic nitrogens is 1. The Kier molecular flexibility index (Phi) is 5.88. The van der Waals surface area contributed by atoms with Crippen molar-refractivity contribution >= 4 is 32.8 Å². The molecule has 0 unspecified atom stereocenters. The van der Waals surface area contributed by atoms with Gasteiger partial charge in [0.15, 0.2) is 5.78 Å². The first-order valence-electron chi connectivity index (χ1n) is 9.80. The Bertz CT molecular complexity index is 1320. The third kappa shape index (κ3) is 4.68. The number of carbonyl (C=O) groups excluding carboxylic acids is 1. The van der Waals surface area contributed by atoms with Crippen molar-refractivity contribution in [2.45, 2.75) is 13.5 Å². The third-order valence-corrected chi connectivity index (χ3v) is 6.45. The van der Waals surface area contributed by atoms with Gasteiger partial charge in [-0.25, -0.2) is 8.42 Å². The maximum absolute atomic E-state index is 13.2. The highest BCUT2D eigenvalue weighted by molar-refractivity contribution is 7.92. The lowest BCUT2D eigenvalue weighted by atomic mass is 10.1. The lowest BCUT2D eigenvalue weighted by molar-refractivity contribution is 0.0964. The van der Waals surface area contributed by atoms with Crippen LogP contribution in [0.4, 0.5) is 0 Å². The highest BCUT2D eigenvalue weighted by atomic mass is 32.2. The van der Waals surface area contributed by atoms with Crippen molar-refractivity contribution in [3.63, 3.8) is 0 Å². The number of hydrogen-bond acceptors (Lipinski definition) is 4. The number of aromatic amines is 1. The highest BCUT2D eigenvalue weighted by Gasteiger charge is 2.26. The Labute approximate surface area is 180 Å². The predicted octanol–water partition coefficient (Wildman–Crippen LogP) is 4.75. The minimum absolute atomic E-state index is 0.0401. The molecule has 0 fully saturated rings. The standard InChI is InChI=1S/C24H22N2O4S/c1-18-24(21-11-5-6-12-22(21)25-18)23(27)17-26(16-20-10-7-14-30-20)31(28,29)15-13-19-8-3-2-4-9-19/h2-15,25H,16-17H2,1H3. The van der Waals surface area contributed by atoms with E-state index < -0.39 is 10.0 Å². The number of aryl methyl sites for hydroxylation is 1. The first-order chi connectivity index (χ1) is 14.9. The minimum Gasteiger partial charge on any atom is -0.468 e. The van der Waals surface area contributed by atoms with Crippen LogP contribution < -0.4 is 0 Å². The number of rotatable bonds is 8. The van der Waals surface area contributed by atoms with Crippen molar-refractivity contribution in [1.29, 1.82) is 0 Å². The summed E-state index contributed by atoms with van der Waals surface area (Å²) in [5.41, 5.74) is 2.80. The molecule has 0 bridgehead atoms. The Morgan fingerprint density at radius 1 is 1.03 bits per heavy atom. The number of benzene rings is 2. The molecule has 4 aromatic rings. The number of furan rings is 1. The van der Waals surface area contributed by atoms with E-state index in [1.54, 1.807) is 12.1 Å². The maximum Gasteiger partial charge on any atom is 0.237 e. The van der Waals surface area contributed by atoms with Gasteiger partial charge < -0.3 is 9.40 Å². The number of H-pyrrole nitrogens is 1. The van der Waals surface area contributed by atoms with E-state index in [0.717, 1.165) is 26.2 Å². The Morgan fingerprint density at radius 3 is 2.52 bits per heavy atom. The van der Waals surface area contributed by atoms with Crippen LogP contribution in [0.2, 0.25) is 0 Å². The topological polar surface area (TPSA) is 83.4 Å². The SMILES string of the molecule is Cc1[nH]c2ccccc2c1C(=O)CN(Cc1ccco1)S(=O)(=O)C=Cc1ccccc1. The Balaban J connectivity index is 1.65. The fraction of sp³-hybridized carbons (Fsp3) is 0.125. The van der Waals surface area contributed by atoms with Crippen molar-refractivity contribution < 1.29 is 17.6 Å². The quantitative estimate of drug-likeness (QED) is 0.406. The molecule has 0 aliphatic rings. The zero-order valence-corrected chi connectivity index (χ0v) is 17.8. The van der Waals surface area contributed by atoms with E-state index in [-0.39, 0.29) is 18.9 Å². The van der Waals surface area contributed by atoms with Crippen LogP contribution in [-0.2, 0) is 16.6 Å². The van der Waals surface area contributed by atoms with Gasteiger partial charge in [0.1, 0.15) is 5.76 Å². The van der Waals surface area contributed by atoms with Crippen LogP contribution in [0.3, 0.4) is 0 Å². The summed E-state index contributed by atoms with van der Waals surface area (Å²) in [6.07, 6.45) is 3.00. The normalized spacial score (nSPS) is 12.2. The molecule has 0 aliphatic heterocycles. The summed E-state index contributed by atoms with van der Waals surface area (Å²) in [5.74, 6) is 0.179. The van der Waals surface area contributed by atoms with Gasteiger partial charge in [0.2, 0.25) is 10.0 Å². The van der Waals surface area contributed by atoms with E-state index >= 15 is 0 Å². The summed E-state index contributed by atoms with van der Waals surface area (Å²) in [4.78, 5) is 16.4. The summed E-state index contributed by atoms with van der Waals surface area (Å²) in [6, 6.07) is 20.0. The number of ketones is 1. The van der Waals surface area contributed by atoms with Gasteiger partial charge in [0.25, 0.3) is 0 Å². The molecule has 0 atom stereocenters. The second kappa shape index (κ2) is 8.75. The fourth-order valence-corrected chi connectivity index (χ4v) is 4.61. The molecule has 1 N–H and O–H groups in total. The molecule has 0 amide bonds. The minimum atomic E-state index is -3.89.